The second-order valence-electron chi connectivity index (χ2n) is 4.51. The lowest BCUT2D eigenvalue weighted by Crippen LogP contribution is -2.42. The lowest BCUT2D eigenvalue weighted by molar-refractivity contribution is 0.0692. The fraction of sp³-hybridized carbons (Fsp3) is 0.385. The molecule has 2 rings (SSSR count). The van der Waals surface area contributed by atoms with Gasteiger partial charge in [-0.3, -0.25) is 0 Å². The van der Waals surface area contributed by atoms with Crippen LogP contribution in [0.15, 0.2) is 18.2 Å². The molecular weight excluding hydrogens is 267 g/mol. The Kier molecular flexibility index (Phi) is 4.52. The van der Waals surface area contributed by atoms with Gasteiger partial charge in [-0.2, -0.15) is 0 Å². The third-order valence-corrected chi connectivity index (χ3v) is 2.95. The van der Waals surface area contributed by atoms with Gasteiger partial charge in [0.15, 0.2) is 0 Å². The standard InChI is InChI=1S/C13H15FN2O4/c14-11-4-3-8(6-10(11)12(17)18)15-13(19)16-9-2-1-5-20-7-9/h3-4,6,9H,1-2,5,7H2,(H,17,18)(H2,15,16,19). The number of ether oxygens (including phenoxy) is 1. The molecule has 1 aromatic carbocycles. The lowest BCUT2D eigenvalue weighted by Gasteiger charge is -2.23. The van der Waals surface area contributed by atoms with Crippen LogP contribution in [-0.2, 0) is 4.74 Å². The van der Waals surface area contributed by atoms with E-state index in [-0.39, 0.29) is 11.7 Å². The largest absolute Gasteiger partial charge is 0.478 e. The molecule has 1 saturated heterocycles. The number of rotatable bonds is 3. The summed E-state index contributed by atoms with van der Waals surface area (Å²) in [4.78, 5) is 22.5. The molecule has 6 nitrogen and oxygen atoms in total. The van der Waals surface area contributed by atoms with E-state index in [0.29, 0.717) is 13.2 Å². The van der Waals surface area contributed by atoms with Crippen LogP contribution in [0.3, 0.4) is 0 Å². The van der Waals surface area contributed by atoms with Gasteiger partial charge in [0.25, 0.3) is 0 Å². The van der Waals surface area contributed by atoms with E-state index in [9.17, 15) is 14.0 Å². The summed E-state index contributed by atoms with van der Waals surface area (Å²) >= 11 is 0. The fourth-order valence-corrected chi connectivity index (χ4v) is 1.97. The van der Waals surface area contributed by atoms with Crippen molar-refractivity contribution >= 4 is 17.7 Å². The minimum atomic E-state index is -1.38. The van der Waals surface area contributed by atoms with E-state index in [2.05, 4.69) is 10.6 Å². The summed E-state index contributed by atoms with van der Waals surface area (Å²) in [5.41, 5.74) is -0.262. The van der Waals surface area contributed by atoms with Crippen LogP contribution in [-0.4, -0.2) is 36.4 Å². The number of carboxylic acid groups (broad SMARTS) is 1. The van der Waals surface area contributed by atoms with Crippen LogP contribution in [0.2, 0.25) is 0 Å². The number of amides is 2. The number of carboxylic acids is 1. The number of halogens is 1. The number of hydrogen-bond donors (Lipinski definition) is 3. The molecule has 7 heteroatoms. The summed E-state index contributed by atoms with van der Waals surface area (Å²) < 4.78 is 18.4. The summed E-state index contributed by atoms with van der Waals surface area (Å²) in [7, 11) is 0. The molecule has 108 valence electrons. The molecule has 2 amide bonds. The minimum Gasteiger partial charge on any atom is -0.478 e. The van der Waals surface area contributed by atoms with Crippen molar-refractivity contribution in [1.82, 2.24) is 5.32 Å². The van der Waals surface area contributed by atoms with Crippen LogP contribution in [0.4, 0.5) is 14.9 Å². The number of benzene rings is 1. The minimum absolute atomic E-state index is 0.0665. The van der Waals surface area contributed by atoms with Crippen molar-refractivity contribution in [2.24, 2.45) is 0 Å². The maximum absolute atomic E-state index is 13.2. The Hall–Kier alpha value is -2.15. The predicted molar refractivity (Wildman–Crippen MR) is 69.4 cm³/mol. The molecular formula is C13H15FN2O4. The molecule has 1 fully saturated rings. The molecule has 1 aromatic rings. The quantitative estimate of drug-likeness (QED) is 0.789. The van der Waals surface area contributed by atoms with Crippen molar-refractivity contribution in [3.8, 4) is 0 Å². The Balaban J connectivity index is 1.96. The van der Waals surface area contributed by atoms with Gasteiger partial charge in [0.2, 0.25) is 0 Å². The average Bonchev–Trinajstić information content (AvgIpc) is 2.41. The maximum Gasteiger partial charge on any atom is 0.338 e. The molecule has 0 aliphatic carbocycles. The van der Waals surface area contributed by atoms with Crippen LogP contribution in [0.25, 0.3) is 0 Å². The normalized spacial score (nSPS) is 18.4. The summed E-state index contributed by atoms with van der Waals surface area (Å²) in [5, 5.41) is 14.0. The van der Waals surface area contributed by atoms with Crippen LogP contribution >= 0.6 is 0 Å². The number of nitrogens with one attached hydrogen (secondary N) is 2. The smallest absolute Gasteiger partial charge is 0.338 e. The van der Waals surface area contributed by atoms with E-state index in [1.807, 2.05) is 0 Å². The van der Waals surface area contributed by atoms with Crippen molar-refractivity contribution in [3.63, 3.8) is 0 Å². The first-order valence-corrected chi connectivity index (χ1v) is 6.24. The number of urea groups is 1. The van der Waals surface area contributed by atoms with Crippen LogP contribution < -0.4 is 10.6 Å². The van der Waals surface area contributed by atoms with Gasteiger partial charge in [0, 0.05) is 12.3 Å². The molecule has 0 aromatic heterocycles. The Labute approximate surface area is 114 Å². The Bertz CT molecular complexity index is 515. The summed E-state index contributed by atoms with van der Waals surface area (Å²) in [6.45, 7) is 1.15. The summed E-state index contributed by atoms with van der Waals surface area (Å²) in [6.07, 6.45) is 1.71. The zero-order chi connectivity index (χ0) is 14.5. The third-order valence-electron chi connectivity index (χ3n) is 2.95. The van der Waals surface area contributed by atoms with Gasteiger partial charge in [-0.15, -0.1) is 0 Å². The van der Waals surface area contributed by atoms with E-state index in [1.54, 1.807) is 0 Å². The van der Waals surface area contributed by atoms with Crippen molar-refractivity contribution in [2.45, 2.75) is 18.9 Å². The molecule has 1 unspecified atom stereocenters. The molecule has 3 N–H and O–H groups in total. The molecule has 1 aliphatic rings. The van der Waals surface area contributed by atoms with Crippen molar-refractivity contribution in [2.75, 3.05) is 18.5 Å². The molecule has 0 radical (unpaired) electrons. The Morgan fingerprint density at radius 3 is 2.85 bits per heavy atom. The van der Waals surface area contributed by atoms with Gasteiger partial charge in [0.05, 0.1) is 18.2 Å². The van der Waals surface area contributed by atoms with Gasteiger partial charge in [-0.25, -0.2) is 14.0 Å². The second-order valence-corrected chi connectivity index (χ2v) is 4.51. The zero-order valence-electron chi connectivity index (χ0n) is 10.7. The molecule has 1 atom stereocenters. The van der Waals surface area contributed by atoms with Crippen LogP contribution in [0.1, 0.15) is 23.2 Å². The van der Waals surface area contributed by atoms with Crippen molar-refractivity contribution < 1.29 is 23.8 Å². The van der Waals surface area contributed by atoms with Crippen LogP contribution in [0, 0.1) is 5.82 Å². The first-order valence-electron chi connectivity index (χ1n) is 6.24. The average molecular weight is 282 g/mol. The van der Waals surface area contributed by atoms with Gasteiger partial charge in [-0.05, 0) is 31.0 Å². The highest BCUT2D eigenvalue weighted by molar-refractivity contribution is 5.93. The predicted octanol–water partition coefficient (Wildman–Crippen LogP) is 1.82. The number of carbonyl (C=O) groups is 2. The molecule has 0 bridgehead atoms. The SMILES string of the molecule is O=C(Nc1ccc(F)c(C(=O)O)c1)NC1CCCOC1. The number of aromatic carboxylic acids is 1. The first-order chi connectivity index (χ1) is 9.56. The van der Waals surface area contributed by atoms with E-state index in [4.69, 9.17) is 9.84 Å². The highest BCUT2D eigenvalue weighted by Gasteiger charge is 2.17. The van der Waals surface area contributed by atoms with Crippen molar-refractivity contribution in [1.29, 1.82) is 0 Å². The van der Waals surface area contributed by atoms with Crippen molar-refractivity contribution in [3.05, 3.63) is 29.6 Å². The van der Waals surface area contributed by atoms with Gasteiger partial charge in [-0.1, -0.05) is 0 Å². The fourth-order valence-electron chi connectivity index (χ4n) is 1.97. The van der Waals surface area contributed by atoms with E-state index >= 15 is 0 Å². The topological polar surface area (TPSA) is 87.7 Å². The molecule has 0 saturated carbocycles. The molecule has 20 heavy (non-hydrogen) atoms. The summed E-state index contributed by atoms with van der Waals surface area (Å²) in [6, 6.07) is 2.85. The molecule has 1 heterocycles. The maximum atomic E-state index is 13.2. The van der Waals surface area contributed by atoms with Gasteiger partial charge in [0.1, 0.15) is 5.82 Å². The second kappa shape index (κ2) is 6.33. The third kappa shape index (κ3) is 3.67. The van der Waals surface area contributed by atoms with E-state index in [1.165, 1.54) is 6.07 Å². The highest BCUT2D eigenvalue weighted by Crippen LogP contribution is 2.15. The number of anilines is 1. The highest BCUT2D eigenvalue weighted by atomic mass is 19.1. The molecule has 1 aliphatic heterocycles. The summed E-state index contributed by atoms with van der Waals surface area (Å²) in [5.74, 6) is -2.23. The molecule has 0 spiro atoms. The monoisotopic (exact) mass is 282 g/mol. The zero-order valence-corrected chi connectivity index (χ0v) is 10.7. The number of hydrogen-bond acceptors (Lipinski definition) is 3. The van der Waals surface area contributed by atoms with Gasteiger partial charge < -0.3 is 20.5 Å². The Morgan fingerprint density at radius 1 is 1.40 bits per heavy atom. The van der Waals surface area contributed by atoms with Crippen LogP contribution in [0.5, 0.6) is 0 Å². The van der Waals surface area contributed by atoms with E-state index < -0.39 is 23.4 Å². The Morgan fingerprint density at radius 2 is 2.20 bits per heavy atom. The van der Waals surface area contributed by atoms with Gasteiger partial charge >= 0.3 is 12.0 Å². The number of carbonyl (C=O) groups excluding carboxylic acids is 1. The first kappa shape index (κ1) is 14.3. The lowest BCUT2D eigenvalue weighted by atomic mass is 10.1. The van der Waals surface area contributed by atoms with E-state index in [0.717, 1.165) is 25.0 Å².